The van der Waals surface area contributed by atoms with Crippen molar-refractivity contribution < 1.29 is 9.53 Å². The fourth-order valence-electron chi connectivity index (χ4n) is 1.38. The van der Waals surface area contributed by atoms with E-state index in [1.54, 1.807) is 6.08 Å². The minimum Gasteiger partial charge on any atom is -0.444 e. The molecule has 17 heavy (non-hydrogen) atoms. The Bertz CT molecular complexity index is 405. The van der Waals surface area contributed by atoms with Crippen LogP contribution in [0, 0.1) is 0 Å². The van der Waals surface area contributed by atoms with Gasteiger partial charge in [0, 0.05) is 6.54 Å². The second-order valence-corrected chi connectivity index (χ2v) is 4.76. The number of benzene rings is 1. The minimum atomic E-state index is -0.470. The van der Waals surface area contributed by atoms with Crippen LogP contribution in [0.25, 0.3) is 6.08 Å². The summed E-state index contributed by atoms with van der Waals surface area (Å²) in [5, 5.41) is 2.72. The maximum absolute atomic E-state index is 11.5. The standard InChI is InChI=1S/C14H19NO2/c1-5-11-8-6-7-9-12(11)10-15-13(16)17-14(2,3)4/h5-9H,1,10H2,2-4H3,(H,15,16). The van der Waals surface area contributed by atoms with Gasteiger partial charge in [-0.15, -0.1) is 0 Å². The zero-order valence-corrected chi connectivity index (χ0v) is 10.6. The molecule has 1 aromatic carbocycles. The molecule has 0 fully saturated rings. The number of alkyl carbamates (subject to hydrolysis) is 1. The van der Waals surface area contributed by atoms with E-state index in [1.807, 2.05) is 45.0 Å². The van der Waals surface area contributed by atoms with Gasteiger partial charge in [0.1, 0.15) is 5.60 Å². The van der Waals surface area contributed by atoms with Crippen molar-refractivity contribution in [3.63, 3.8) is 0 Å². The van der Waals surface area contributed by atoms with E-state index < -0.39 is 11.7 Å². The predicted octanol–water partition coefficient (Wildman–Crippen LogP) is 3.35. The quantitative estimate of drug-likeness (QED) is 0.869. The number of hydrogen-bond acceptors (Lipinski definition) is 2. The van der Waals surface area contributed by atoms with Gasteiger partial charge in [-0.25, -0.2) is 4.79 Å². The fraction of sp³-hybridized carbons (Fsp3) is 0.357. The van der Waals surface area contributed by atoms with Crippen molar-refractivity contribution in [2.24, 2.45) is 0 Å². The average molecular weight is 233 g/mol. The highest BCUT2D eigenvalue weighted by Crippen LogP contribution is 2.10. The van der Waals surface area contributed by atoms with Crippen molar-refractivity contribution in [1.29, 1.82) is 0 Å². The third-order valence-electron chi connectivity index (χ3n) is 2.10. The largest absolute Gasteiger partial charge is 0.444 e. The molecule has 0 unspecified atom stereocenters. The van der Waals surface area contributed by atoms with Gasteiger partial charge in [0.25, 0.3) is 0 Å². The summed E-state index contributed by atoms with van der Waals surface area (Å²) >= 11 is 0. The van der Waals surface area contributed by atoms with E-state index >= 15 is 0 Å². The van der Waals surface area contributed by atoms with Gasteiger partial charge >= 0.3 is 6.09 Å². The van der Waals surface area contributed by atoms with Crippen LogP contribution in [0.2, 0.25) is 0 Å². The maximum Gasteiger partial charge on any atom is 0.407 e. The first-order valence-corrected chi connectivity index (χ1v) is 5.59. The van der Waals surface area contributed by atoms with Gasteiger partial charge in [-0.2, -0.15) is 0 Å². The Balaban J connectivity index is 2.56. The fourth-order valence-corrected chi connectivity index (χ4v) is 1.38. The van der Waals surface area contributed by atoms with E-state index in [0.717, 1.165) is 11.1 Å². The predicted molar refractivity (Wildman–Crippen MR) is 69.6 cm³/mol. The number of carbonyl (C=O) groups is 1. The first kappa shape index (κ1) is 13.3. The second-order valence-electron chi connectivity index (χ2n) is 4.76. The molecular weight excluding hydrogens is 214 g/mol. The summed E-state index contributed by atoms with van der Waals surface area (Å²) in [5.74, 6) is 0. The van der Waals surface area contributed by atoms with Gasteiger partial charge in [-0.1, -0.05) is 36.9 Å². The lowest BCUT2D eigenvalue weighted by molar-refractivity contribution is 0.0523. The summed E-state index contributed by atoms with van der Waals surface area (Å²) in [7, 11) is 0. The smallest absolute Gasteiger partial charge is 0.407 e. The number of amides is 1. The first-order valence-electron chi connectivity index (χ1n) is 5.59. The molecule has 1 N–H and O–H groups in total. The van der Waals surface area contributed by atoms with Crippen LogP contribution in [-0.2, 0) is 11.3 Å². The highest BCUT2D eigenvalue weighted by Gasteiger charge is 2.15. The van der Waals surface area contributed by atoms with Crippen LogP contribution in [-0.4, -0.2) is 11.7 Å². The summed E-state index contributed by atoms with van der Waals surface area (Å²) in [6, 6.07) is 7.78. The van der Waals surface area contributed by atoms with Crippen LogP contribution in [0.5, 0.6) is 0 Å². The molecule has 1 rings (SSSR count). The van der Waals surface area contributed by atoms with Crippen LogP contribution in [0.3, 0.4) is 0 Å². The topological polar surface area (TPSA) is 38.3 Å². The van der Waals surface area contributed by atoms with E-state index in [1.165, 1.54) is 0 Å². The Morgan fingerprint density at radius 1 is 1.41 bits per heavy atom. The maximum atomic E-state index is 11.5. The van der Waals surface area contributed by atoms with Crippen molar-refractivity contribution in [3.8, 4) is 0 Å². The highest BCUT2D eigenvalue weighted by atomic mass is 16.6. The number of ether oxygens (including phenoxy) is 1. The molecule has 0 heterocycles. The molecule has 0 atom stereocenters. The van der Waals surface area contributed by atoms with Crippen molar-refractivity contribution in [2.75, 3.05) is 0 Å². The molecule has 0 saturated heterocycles. The molecule has 92 valence electrons. The lowest BCUT2D eigenvalue weighted by Crippen LogP contribution is -2.32. The normalized spacial score (nSPS) is 10.8. The van der Waals surface area contributed by atoms with Gasteiger partial charge in [0.2, 0.25) is 0 Å². The van der Waals surface area contributed by atoms with Crippen LogP contribution < -0.4 is 5.32 Å². The molecule has 1 aromatic rings. The van der Waals surface area contributed by atoms with Gasteiger partial charge in [0.05, 0.1) is 0 Å². The SMILES string of the molecule is C=Cc1ccccc1CNC(=O)OC(C)(C)C. The Kier molecular flexibility index (Phi) is 4.32. The molecule has 0 aromatic heterocycles. The Morgan fingerprint density at radius 3 is 2.65 bits per heavy atom. The molecule has 0 radical (unpaired) electrons. The molecule has 3 heteroatoms. The number of nitrogens with one attached hydrogen (secondary N) is 1. The van der Waals surface area contributed by atoms with E-state index in [2.05, 4.69) is 11.9 Å². The zero-order chi connectivity index (χ0) is 12.9. The van der Waals surface area contributed by atoms with E-state index in [0.29, 0.717) is 6.54 Å². The molecule has 0 aliphatic heterocycles. The molecule has 3 nitrogen and oxygen atoms in total. The number of hydrogen-bond donors (Lipinski definition) is 1. The van der Waals surface area contributed by atoms with E-state index in [9.17, 15) is 4.79 Å². The third kappa shape index (κ3) is 4.72. The summed E-state index contributed by atoms with van der Waals surface area (Å²) < 4.78 is 5.16. The Morgan fingerprint density at radius 2 is 2.06 bits per heavy atom. The van der Waals surface area contributed by atoms with E-state index in [4.69, 9.17) is 4.74 Å². The van der Waals surface area contributed by atoms with Gasteiger partial charge in [0.15, 0.2) is 0 Å². The molecule has 1 amide bonds. The molecule has 0 bridgehead atoms. The molecule has 0 aliphatic rings. The van der Waals surface area contributed by atoms with E-state index in [-0.39, 0.29) is 0 Å². The van der Waals surface area contributed by atoms with Gasteiger partial charge < -0.3 is 10.1 Å². The second kappa shape index (κ2) is 5.53. The third-order valence-corrected chi connectivity index (χ3v) is 2.10. The summed E-state index contributed by atoms with van der Waals surface area (Å²) in [4.78, 5) is 11.5. The lowest BCUT2D eigenvalue weighted by Gasteiger charge is -2.19. The molecule has 0 aliphatic carbocycles. The first-order chi connectivity index (χ1) is 7.92. The number of rotatable bonds is 3. The summed E-state index contributed by atoms with van der Waals surface area (Å²) in [5.41, 5.74) is 1.57. The summed E-state index contributed by atoms with van der Waals surface area (Å²) in [6.45, 7) is 9.69. The Hall–Kier alpha value is -1.77. The van der Waals surface area contributed by atoms with Gasteiger partial charge in [-0.3, -0.25) is 0 Å². The van der Waals surface area contributed by atoms with Crippen molar-refractivity contribution >= 4 is 12.2 Å². The molecular formula is C14H19NO2. The van der Waals surface area contributed by atoms with Crippen LogP contribution in [0.4, 0.5) is 4.79 Å². The van der Waals surface area contributed by atoms with Crippen molar-refractivity contribution in [2.45, 2.75) is 32.9 Å². The van der Waals surface area contributed by atoms with Crippen LogP contribution in [0.1, 0.15) is 31.9 Å². The minimum absolute atomic E-state index is 0.406. The zero-order valence-electron chi connectivity index (χ0n) is 10.6. The molecule has 0 spiro atoms. The lowest BCUT2D eigenvalue weighted by atomic mass is 10.1. The van der Waals surface area contributed by atoms with Crippen molar-refractivity contribution in [3.05, 3.63) is 42.0 Å². The average Bonchev–Trinajstić information content (AvgIpc) is 2.24. The van der Waals surface area contributed by atoms with Crippen LogP contribution >= 0.6 is 0 Å². The van der Waals surface area contributed by atoms with Crippen LogP contribution in [0.15, 0.2) is 30.8 Å². The summed E-state index contributed by atoms with van der Waals surface area (Å²) in [6.07, 6.45) is 1.36. The monoisotopic (exact) mass is 233 g/mol. The Labute approximate surface area is 102 Å². The molecule has 0 saturated carbocycles. The van der Waals surface area contributed by atoms with Gasteiger partial charge in [-0.05, 0) is 31.9 Å². The number of carbonyl (C=O) groups excluding carboxylic acids is 1. The highest BCUT2D eigenvalue weighted by molar-refractivity contribution is 5.68. The van der Waals surface area contributed by atoms with Crippen molar-refractivity contribution in [1.82, 2.24) is 5.32 Å².